The van der Waals surface area contributed by atoms with Crippen molar-refractivity contribution in [3.8, 4) is 11.5 Å². The molecule has 3 aliphatic rings. The number of nitrogens with one attached hydrogen (secondary N) is 1. The molecule has 2 fully saturated rings. The molecule has 1 aromatic rings. The maximum absolute atomic E-state index is 12.9. The van der Waals surface area contributed by atoms with E-state index in [1.807, 2.05) is 4.90 Å². The molecule has 2 aliphatic carbocycles. The first-order valence-electron chi connectivity index (χ1n) is 9.70. The predicted octanol–water partition coefficient (Wildman–Crippen LogP) is 1.26. The van der Waals surface area contributed by atoms with Gasteiger partial charge in [-0.05, 0) is 36.8 Å². The largest absolute Gasteiger partial charge is 0.497 e. The van der Waals surface area contributed by atoms with E-state index in [4.69, 9.17) is 9.47 Å². The van der Waals surface area contributed by atoms with Crippen molar-refractivity contribution in [2.45, 2.75) is 12.8 Å². The van der Waals surface area contributed by atoms with E-state index in [0.717, 1.165) is 43.9 Å². The number of carbonyl (C=O) groups excluding carboxylic acids is 1. The van der Waals surface area contributed by atoms with Gasteiger partial charge in [-0.3, -0.25) is 4.79 Å². The van der Waals surface area contributed by atoms with Crippen LogP contribution in [0.25, 0.3) is 0 Å². The molecule has 1 saturated carbocycles. The SMILES string of the molecule is COc1cc(OC)cc(C(=O)N2CC[NH+](C[C@@H]3C[C@@H]4C=C[C@H]3C4)CC2)c1. The molecule has 140 valence electrons. The zero-order valence-corrected chi connectivity index (χ0v) is 15.7. The maximum Gasteiger partial charge on any atom is 0.254 e. The van der Waals surface area contributed by atoms with Gasteiger partial charge in [-0.2, -0.15) is 0 Å². The van der Waals surface area contributed by atoms with E-state index in [-0.39, 0.29) is 5.91 Å². The van der Waals surface area contributed by atoms with Crippen molar-refractivity contribution in [2.75, 3.05) is 46.9 Å². The van der Waals surface area contributed by atoms with Gasteiger partial charge in [-0.15, -0.1) is 0 Å². The summed E-state index contributed by atoms with van der Waals surface area (Å²) >= 11 is 0. The van der Waals surface area contributed by atoms with Crippen LogP contribution in [0.1, 0.15) is 23.2 Å². The molecular weight excluding hydrogens is 328 g/mol. The van der Waals surface area contributed by atoms with E-state index < -0.39 is 0 Å². The number of rotatable bonds is 5. The molecule has 1 saturated heterocycles. The highest BCUT2D eigenvalue weighted by Crippen LogP contribution is 2.42. The molecule has 3 atom stereocenters. The molecule has 4 rings (SSSR count). The highest BCUT2D eigenvalue weighted by atomic mass is 16.5. The lowest BCUT2D eigenvalue weighted by atomic mass is 9.93. The van der Waals surface area contributed by atoms with E-state index >= 15 is 0 Å². The highest BCUT2D eigenvalue weighted by molar-refractivity contribution is 5.95. The van der Waals surface area contributed by atoms with Crippen molar-refractivity contribution in [3.63, 3.8) is 0 Å². The molecule has 1 aliphatic heterocycles. The van der Waals surface area contributed by atoms with Gasteiger partial charge in [0.2, 0.25) is 0 Å². The first kappa shape index (κ1) is 17.4. The number of fused-ring (bicyclic) bond motifs is 2. The minimum absolute atomic E-state index is 0.0732. The fourth-order valence-corrected chi connectivity index (χ4v) is 4.84. The molecule has 5 nitrogen and oxygen atoms in total. The summed E-state index contributed by atoms with van der Waals surface area (Å²) in [5.41, 5.74) is 0.642. The van der Waals surface area contributed by atoms with Gasteiger partial charge < -0.3 is 19.3 Å². The van der Waals surface area contributed by atoms with Crippen molar-refractivity contribution in [1.82, 2.24) is 4.90 Å². The minimum atomic E-state index is 0.0732. The standard InChI is InChI=1S/C21H28N2O3/c1-25-19-11-17(12-20(13-19)26-2)21(24)23-7-5-22(6-8-23)14-18-10-15-3-4-16(18)9-15/h3-4,11-13,15-16,18H,5-10,14H2,1-2H3/p+1/t15-,16+,18+/m1/s1. The third-order valence-corrected chi connectivity index (χ3v) is 6.32. The Hall–Kier alpha value is -2.01. The van der Waals surface area contributed by atoms with Crippen molar-refractivity contribution in [3.05, 3.63) is 35.9 Å². The van der Waals surface area contributed by atoms with Gasteiger partial charge in [0.05, 0.1) is 46.9 Å². The zero-order valence-electron chi connectivity index (χ0n) is 15.7. The molecule has 0 radical (unpaired) electrons. The molecule has 1 amide bonds. The van der Waals surface area contributed by atoms with Crippen LogP contribution < -0.4 is 14.4 Å². The molecule has 0 aromatic heterocycles. The number of benzene rings is 1. The summed E-state index contributed by atoms with van der Waals surface area (Å²) in [6, 6.07) is 5.39. The number of nitrogens with zero attached hydrogens (tertiary/aromatic N) is 1. The average Bonchev–Trinajstić information content (AvgIpc) is 3.30. The summed E-state index contributed by atoms with van der Waals surface area (Å²) in [6.07, 6.45) is 7.60. The van der Waals surface area contributed by atoms with E-state index in [0.29, 0.717) is 17.1 Å². The summed E-state index contributed by atoms with van der Waals surface area (Å²) in [5.74, 6) is 3.89. The Balaban J connectivity index is 1.34. The second kappa shape index (κ2) is 7.31. The van der Waals surface area contributed by atoms with E-state index in [2.05, 4.69) is 12.2 Å². The Kier molecular flexibility index (Phi) is 4.90. The van der Waals surface area contributed by atoms with Crippen LogP contribution in [0.4, 0.5) is 0 Å². The Morgan fingerprint density at radius 2 is 1.77 bits per heavy atom. The van der Waals surface area contributed by atoms with Crippen molar-refractivity contribution in [1.29, 1.82) is 0 Å². The lowest BCUT2D eigenvalue weighted by molar-refractivity contribution is -0.907. The number of allylic oxidation sites excluding steroid dienone is 2. The van der Waals surface area contributed by atoms with Crippen LogP contribution in [-0.2, 0) is 0 Å². The van der Waals surface area contributed by atoms with Gasteiger partial charge in [-0.1, -0.05) is 12.2 Å². The Labute approximate surface area is 155 Å². The minimum Gasteiger partial charge on any atom is -0.497 e. The normalized spacial score (nSPS) is 27.8. The van der Waals surface area contributed by atoms with Gasteiger partial charge >= 0.3 is 0 Å². The molecule has 5 heteroatoms. The maximum atomic E-state index is 12.9. The van der Waals surface area contributed by atoms with Gasteiger partial charge in [0.25, 0.3) is 5.91 Å². The number of methoxy groups -OCH3 is 2. The van der Waals surface area contributed by atoms with E-state index in [1.54, 1.807) is 37.3 Å². The second-order valence-corrected chi connectivity index (χ2v) is 7.89. The van der Waals surface area contributed by atoms with Crippen LogP contribution in [0.15, 0.2) is 30.4 Å². The predicted molar refractivity (Wildman–Crippen MR) is 99.9 cm³/mol. The molecule has 1 aromatic carbocycles. The van der Waals surface area contributed by atoms with Crippen molar-refractivity contribution < 1.29 is 19.2 Å². The molecular formula is C21H29N2O3+. The van der Waals surface area contributed by atoms with Gasteiger partial charge in [0, 0.05) is 17.5 Å². The van der Waals surface area contributed by atoms with Gasteiger partial charge in [0.15, 0.2) is 0 Å². The molecule has 1 heterocycles. The molecule has 2 bridgehead atoms. The third-order valence-electron chi connectivity index (χ3n) is 6.32. The van der Waals surface area contributed by atoms with Crippen LogP contribution in [0.2, 0.25) is 0 Å². The van der Waals surface area contributed by atoms with Crippen molar-refractivity contribution in [2.24, 2.45) is 17.8 Å². The van der Waals surface area contributed by atoms with E-state index in [9.17, 15) is 4.79 Å². The average molecular weight is 357 g/mol. The van der Waals surface area contributed by atoms with Crippen LogP contribution in [0, 0.1) is 17.8 Å². The number of ether oxygens (including phenoxy) is 2. The Morgan fingerprint density at radius 3 is 2.31 bits per heavy atom. The second-order valence-electron chi connectivity index (χ2n) is 7.89. The smallest absolute Gasteiger partial charge is 0.254 e. The fraction of sp³-hybridized carbons (Fsp3) is 0.571. The van der Waals surface area contributed by atoms with Crippen LogP contribution >= 0.6 is 0 Å². The third kappa shape index (κ3) is 3.45. The van der Waals surface area contributed by atoms with Crippen LogP contribution in [0.5, 0.6) is 11.5 Å². The Morgan fingerprint density at radius 1 is 1.08 bits per heavy atom. The summed E-state index contributed by atoms with van der Waals surface area (Å²) in [7, 11) is 3.21. The van der Waals surface area contributed by atoms with Crippen LogP contribution in [-0.4, -0.2) is 57.8 Å². The van der Waals surface area contributed by atoms with Gasteiger partial charge in [-0.25, -0.2) is 0 Å². The quantitative estimate of drug-likeness (QED) is 0.807. The first-order chi connectivity index (χ1) is 12.7. The number of quaternary nitrogens is 1. The molecule has 1 N–H and O–H groups in total. The molecule has 26 heavy (non-hydrogen) atoms. The summed E-state index contributed by atoms with van der Waals surface area (Å²) in [6.45, 7) is 5.00. The number of amides is 1. The lowest BCUT2D eigenvalue weighted by Crippen LogP contribution is -3.15. The number of carbonyl (C=O) groups is 1. The zero-order chi connectivity index (χ0) is 18.1. The van der Waals surface area contributed by atoms with Gasteiger partial charge in [0.1, 0.15) is 11.5 Å². The number of hydrogen-bond donors (Lipinski definition) is 1. The number of piperazine rings is 1. The summed E-state index contributed by atoms with van der Waals surface area (Å²) in [5, 5.41) is 0. The molecule has 0 spiro atoms. The highest BCUT2D eigenvalue weighted by Gasteiger charge is 2.38. The number of hydrogen-bond acceptors (Lipinski definition) is 3. The Bertz CT molecular complexity index is 672. The van der Waals surface area contributed by atoms with Crippen molar-refractivity contribution >= 4 is 5.91 Å². The van der Waals surface area contributed by atoms with Crippen LogP contribution in [0.3, 0.4) is 0 Å². The summed E-state index contributed by atoms with van der Waals surface area (Å²) < 4.78 is 10.6. The monoisotopic (exact) mass is 357 g/mol. The molecule has 0 unspecified atom stereocenters. The van der Waals surface area contributed by atoms with E-state index in [1.165, 1.54) is 19.4 Å². The fourth-order valence-electron chi connectivity index (χ4n) is 4.84. The lowest BCUT2D eigenvalue weighted by Gasteiger charge is -2.34. The first-order valence-corrected chi connectivity index (χ1v) is 9.70. The summed E-state index contributed by atoms with van der Waals surface area (Å²) in [4.78, 5) is 16.5. The topological polar surface area (TPSA) is 43.2 Å².